The topological polar surface area (TPSA) is 45.7 Å². The van der Waals surface area contributed by atoms with Crippen LogP contribution in [-0.2, 0) is 4.74 Å². The highest BCUT2D eigenvalue weighted by Crippen LogP contribution is 2.33. The molecule has 0 unspecified atom stereocenters. The number of anilines is 1. The third-order valence-electron chi connectivity index (χ3n) is 4.78. The van der Waals surface area contributed by atoms with Crippen molar-refractivity contribution in [2.45, 2.75) is 58.0 Å². The van der Waals surface area contributed by atoms with E-state index in [0.29, 0.717) is 19.0 Å². The zero-order chi connectivity index (χ0) is 17.2. The van der Waals surface area contributed by atoms with E-state index in [0.717, 1.165) is 18.9 Å². The second-order valence-corrected chi connectivity index (χ2v) is 7.86. The fourth-order valence-corrected chi connectivity index (χ4v) is 3.51. The van der Waals surface area contributed by atoms with E-state index in [1.807, 2.05) is 20.8 Å². The third kappa shape index (κ3) is 4.19. The number of nitrogens with zero attached hydrogens (tertiary/aromatic N) is 3. The summed E-state index contributed by atoms with van der Waals surface area (Å²) in [6.07, 6.45) is 4.97. The first kappa shape index (κ1) is 17.1. The summed E-state index contributed by atoms with van der Waals surface area (Å²) < 4.78 is 5.46. The van der Waals surface area contributed by atoms with Crippen LogP contribution in [0.5, 0.6) is 0 Å². The molecule has 1 amide bonds. The minimum Gasteiger partial charge on any atom is -0.444 e. The van der Waals surface area contributed by atoms with Crippen LogP contribution < -0.4 is 4.90 Å². The van der Waals surface area contributed by atoms with Crippen LogP contribution >= 0.6 is 0 Å². The largest absolute Gasteiger partial charge is 0.444 e. The Morgan fingerprint density at radius 1 is 1.12 bits per heavy atom. The number of carbonyl (C=O) groups excluding carboxylic acids is 1. The highest BCUT2D eigenvalue weighted by molar-refractivity contribution is 5.68. The summed E-state index contributed by atoms with van der Waals surface area (Å²) in [7, 11) is 0. The van der Waals surface area contributed by atoms with Gasteiger partial charge in [-0.25, -0.2) is 9.78 Å². The standard InChI is InChI=1S/C19H29N3O2/c1-19(2,3)24-18(23)22-13-11-21(12-14-22)17-10-6-9-16(20-17)15-7-4-5-8-15/h6,9-10,15H,4-5,7-8,11-14H2,1-3H3. The summed E-state index contributed by atoms with van der Waals surface area (Å²) in [5, 5.41) is 0. The van der Waals surface area contributed by atoms with Gasteiger partial charge in [-0.1, -0.05) is 18.9 Å². The van der Waals surface area contributed by atoms with E-state index in [4.69, 9.17) is 9.72 Å². The second-order valence-electron chi connectivity index (χ2n) is 7.86. The van der Waals surface area contributed by atoms with E-state index in [1.165, 1.54) is 31.4 Å². The summed E-state index contributed by atoms with van der Waals surface area (Å²) in [6.45, 7) is 8.69. The van der Waals surface area contributed by atoms with Crippen LogP contribution in [0.15, 0.2) is 18.2 Å². The zero-order valence-electron chi connectivity index (χ0n) is 15.1. The Morgan fingerprint density at radius 2 is 1.79 bits per heavy atom. The van der Waals surface area contributed by atoms with E-state index in [2.05, 4.69) is 23.1 Å². The Labute approximate surface area is 145 Å². The molecule has 1 aliphatic carbocycles. The zero-order valence-corrected chi connectivity index (χ0v) is 15.1. The van der Waals surface area contributed by atoms with Crippen molar-refractivity contribution in [3.8, 4) is 0 Å². The Morgan fingerprint density at radius 3 is 2.42 bits per heavy atom. The van der Waals surface area contributed by atoms with Gasteiger partial charge in [0.2, 0.25) is 0 Å². The molecule has 0 radical (unpaired) electrons. The van der Waals surface area contributed by atoms with Crippen LogP contribution in [0.25, 0.3) is 0 Å². The molecule has 1 aromatic heterocycles. The maximum absolute atomic E-state index is 12.2. The molecule has 132 valence electrons. The van der Waals surface area contributed by atoms with E-state index in [1.54, 1.807) is 4.90 Å². The van der Waals surface area contributed by atoms with Crippen LogP contribution in [0.2, 0.25) is 0 Å². The van der Waals surface area contributed by atoms with Gasteiger partial charge in [-0.15, -0.1) is 0 Å². The molecule has 1 saturated heterocycles. The van der Waals surface area contributed by atoms with Crippen molar-refractivity contribution in [1.82, 2.24) is 9.88 Å². The molecule has 2 heterocycles. The van der Waals surface area contributed by atoms with Crippen molar-refractivity contribution < 1.29 is 9.53 Å². The molecule has 24 heavy (non-hydrogen) atoms. The minimum absolute atomic E-state index is 0.213. The van der Waals surface area contributed by atoms with Crippen molar-refractivity contribution >= 4 is 11.9 Å². The van der Waals surface area contributed by atoms with Crippen molar-refractivity contribution in [3.05, 3.63) is 23.9 Å². The fraction of sp³-hybridized carbons (Fsp3) is 0.684. The van der Waals surface area contributed by atoms with Gasteiger partial charge in [-0.2, -0.15) is 0 Å². The molecule has 0 spiro atoms. The summed E-state index contributed by atoms with van der Waals surface area (Å²) in [5.41, 5.74) is 0.797. The van der Waals surface area contributed by atoms with Crippen LogP contribution in [-0.4, -0.2) is 47.8 Å². The molecule has 0 atom stereocenters. The van der Waals surface area contributed by atoms with Gasteiger partial charge in [0, 0.05) is 37.8 Å². The lowest BCUT2D eigenvalue weighted by Crippen LogP contribution is -2.50. The third-order valence-corrected chi connectivity index (χ3v) is 4.78. The highest BCUT2D eigenvalue weighted by Gasteiger charge is 2.26. The Kier molecular flexibility index (Phi) is 4.97. The van der Waals surface area contributed by atoms with Crippen molar-refractivity contribution in [2.24, 2.45) is 0 Å². The number of ether oxygens (including phenoxy) is 1. The van der Waals surface area contributed by atoms with Gasteiger partial charge < -0.3 is 14.5 Å². The molecule has 1 aliphatic heterocycles. The van der Waals surface area contributed by atoms with Crippen LogP contribution in [0.1, 0.15) is 58.1 Å². The number of aromatic nitrogens is 1. The molecule has 3 rings (SSSR count). The minimum atomic E-state index is -0.439. The van der Waals surface area contributed by atoms with Crippen LogP contribution in [0.3, 0.4) is 0 Å². The molecular formula is C19H29N3O2. The van der Waals surface area contributed by atoms with Gasteiger partial charge in [0.15, 0.2) is 0 Å². The SMILES string of the molecule is CC(C)(C)OC(=O)N1CCN(c2cccc(C3CCCC3)n2)CC1. The van der Waals surface area contributed by atoms with Crippen molar-refractivity contribution in [2.75, 3.05) is 31.1 Å². The monoisotopic (exact) mass is 331 g/mol. The van der Waals surface area contributed by atoms with Crippen LogP contribution in [0, 0.1) is 0 Å². The Bertz CT molecular complexity index is 568. The van der Waals surface area contributed by atoms with Gasteiger partial charge in [0.1, 0.15) is 11.4 Å². The Balaban J connectivity index is 1.58. The Hall–Kier alpha value is -1.78. The van der Waals surface area contributed by atoms with E-state index in [-0.39, 0.29) is 6.09 Å². The fourth-order valence-electron chi connectivity index (χ4n) is 3.51. The van der Waals surface area contributed by atoms with Gasteiger partial charge in [-0.05, 0) is 45.7 Å². The first-order valence-corrected chi connectivity index (χ1v) is 9.12. The summed E-state index contributed by atoms with van der Waals surface area (Å²) in [6, 6.07) is 6.37. The highest BCUT2D eigenvalue weighted by atomic mass is 16.6. The smallest absolute Gasteiger partial charge is 0.410 e. The summed E-state index contributed by atoms with van der Waals surface area (Å²) in [4.78, 5) is 21.1. The second kappa shape index (κ2) is 6.99. The molecule has 0 N–H and O–H groups in total. The van der Waals surface area contributed by atoms with Gasteiger partial charge >= 0.3 is 6.09 Å². The molecule has 0 bridgehead atoms. The quantitative estimate of drug-likeness (QED) is 0.827. The first-order chi connectivity index (χ1) is 11.4. The first-order valence-electron chi connectivity index (χ1n) is 9.12. The lowest BCUT2D eigenvalue weighted by molar-refractivity contribution is 0.0240. The van der Waals surface area contributed by atoms with Gasteiger partial charge in [0.25, 0.3) is 0 Å². The molecule has 5 nitrogen and oxygen atoms in total. The molecule has 1 saturated carbocycles. The summed E-state index contributed by atoms with van der Waals surface area (Å²) >= 11 is 0. The average molecular weight is 331 g/mol. The maximum Gasteiger partial charge on any atom is 0.410 e. The van der Waals surface area contributed by atoms with E-state index < -0.39 is 5.60 Å². The van der Waals surface area contributed by atoms with E-state index in [9.17, 15) is 4.79 Å². The lowest BCUT2D eigenvalue weighted by Gasteiger charge is -2.36. The predicted molar refractivity (Wildman–Crippen MR) is 95.5 cm³/mol. The number of pyridine rings is 1. The molecule has 0 aromatic carbocycles. The number of hydrogen-bond acceptors (Lipinski definition) is 4. The van der Waals surface area contributed by atoms with Gasteiger partial charge in [0.05, 0.1) is 0 Å². The molecular weight excluding hydrogens is 302 g/mol. The van der Waals surface area contributed by atoms with Crippen molar-refractivity contribution in [3.63, 3.8) is 0 Å². The number of carbonyl (C=O) groups is 1. The normalized spacial score (nSPS) is 19.6. The van der Waals surface area contributed by atoms with Gasteiger partial charge in [-0.3, -0.25) is 0 Å². The van der Waals surface area contributed by atoms with Crippen molar-refractivity contribution in [1.29, 1.82) is 0 Å². The maximum atomic E-state index is 12.2. The number of piperazine rings is 1. The molecule has 2 fully saturated rings. The van der Waals surface area contributed by atoms with E-state index >= 15 is 0 Å². The number of hydrogen-bond donors (Lipinski definition) is 0. The molecule has 1 aromatic rings. The number of rotatable bonds is 2. The predicted octanol–water partition coefficient (Wildman–Crippen LogP) is 3.80. The lowest BCUT2D eigenvalue weighted by atomic mass is 10.0. The molecule has 2 aliphatic rings. The number of amides is 1. The molecule has 5 heteroatoms. The van der Waals surface area contributed by atoms with Crippen LogP contribution in [0.4, 0.5) is 10.6 Å². The average Bonchev–Trinajstić information content (AvgIpc) is 3.08. The summed E-state index contributed by atoms with van der Waals surface area (Å²) in [5.74, 6) is 1.68.